The molecule has 1 aliphatic heterocycles. The molecule has 0 radical (unpaired) electrons. The Hall–Kier alpha value is -2.92. The summed E-state index contributed by atoms with van der Waals surface area (Å²) >= 11 is 3.56. The minimum absolute atomic E-state index is 0.0411. The first-order chi connectivity index (χ1) is 16.8. The number of carbonyl (C=O) groups excluding carboxylic acids is 1. The maximum absolute atomic E-state index is 12.2. The summed E-state index contributed by atoms with van der Waals surface area (Å²) in [5, 5.41) is 19.5. The SMILES string of the molecule is CC(C)[C@H](N)C(=O)OCC[C@@H]1CCCCN1c1cc(NCc2ccc[n+]([O-])c2)n2ncc(Br)c2n1. The van der Waals surface area contributed by atoms with E-state index in [1.54, 1.807) is 23.0 Å². The standard InChI is InChI=1S/C24H32BrN7O3/c1-16(2)22(26)24(33)35-11-8-18-7-3-4-10-31(18)21-12-20(32-23(29-21)19(25)14-28-32)27-13-17-6-5-9-30(34)15-17/h5-6,9,12,14-16,18,22,27H,3-4,7-8,10-11,13,26H2,1-2H3/t18-,22-/m0/s1. The Bertz CT molecular complexity index is 1170. The number of hydrogen-bond acceptors (Lipinski definition) is 8. The number of aromatic nitrogens is 4. The lowest BCUT2D eigenvalue weighted by Crippen LogP contribution is -2.42. The number of rotatable bonds is 9. The summed E-state index contributed by atoms with van der Waals surface area (Å²) in [6.45, 7) is 5.48. The number of fused-ring (bicyclic) bond motifs is 1. The second-order valence-corrected chi connectivity index (χ2v) is 10.1. The topological polar surface area (TPSA) is 125 Å². The van der Waals surface area contributed by atoms with Crippen molar-refractivity contribution in [3.63, 3.8) is 0 Å². The van der Waals surface area contributed by atoms with Gasteiger partial charge in [0.25, 0.3) is 0 Å². The molecule has 0 bridgehead atoms. The van der Waals surface area contributed by atoms with Crippen LogP contribution in [0.3, 0.4) is 0 Å². The minimum Gasteiger partial charge on any atom is -0.619 e. The van der Waals surface area contributed by atoms with Crippen LogP contribution in [0.2, 0.25) is 0 Å². The molecule has 10 nitrogen and oxygen atoms in total. The van der Waals surface area contributed by atoms with Gasteiger partial charge in [-0.2, -0.15) is 14.3 Å². The zero-order chi connectivity index (χ0) is 24.9. The van der Waals surface area contributed by atoms with Crippen LogP contribution in [-0.4, -0.2) is 45.8 Å². The molecule has 0 aromatic carbocycles. The van der Waals surface area contributed by atoms with Crippen LogP contribution in [0.15, 0.2) is 41.3 Å². The molecule has 11 heteroatoms. The number of nitrogens with two attached hydrogens (primary N) is 1. The van der Waals surface area contributed by atoms with E-state index < -0.39 is 6.04 Å². The smallest absolute Gasteiger partial charge is 0.323 e. The summed E-state index contributed by atoms with van der Waals surface area (Å²) < 4.78 is 8.81. The average Bonchev–Trinajstić information content (AvgIpc) is 3.23. The Morgan fingerprint density at radius 3 is 3.03 bits per heavy atom. The molecule has 0 unspecified atom stereocenters. The predicted octanol–water partition coefficient (Wildman–Crippen LogP) is 3.01. The van der Waals surface area contributed by atoms with Gasteiger partial charge in [-0.3, -0.25) is 4.79 Å². The zero-order valence-corrected chi connectivity index (χ0v) is 21.6. The molecule has 35 heavy (non-hydrogen) atoms. The predicted molar refractivity (Wildman–Crippen MR) is 137 cm³/mol. The Kier molecular flexibility index (Phi) is 8.07. The van der Waals surface area contributed by atoms with Crippen LogP contribution in [-0.2, 0) is 16.1 Å². The van der Waals surface area contributed by atoms with E-state index in [2.05, 4.69) is 31.2 Å². The highest BCUT2D eigenvalue weighted by molar-refractivity contribution is 9.10. The van der Waals surface area contributed by atoms with E-state index in [1.165, 1.54) is 6.20 Å². The fourth-order valence-electron chi connectivity index (χ4n) is 4.26. The summed E-state index contributed by atoms with van der Waals surface area (Å²) in [7, 11) is 0. The second-order valence-electron chi connectivity index (χ2n) is 9.22. The molecule has 2 atom stereocenters. The van der Waals surface area contributed by atoms with Crippen LogP contribution >= 0.6 is 15.9 Å². The number of carbonyl (C=O) groups is 1. The van der Waals surface area contributed by atoms with Gasteiger partial charge < -0.3 is 25.9 Å². The van der Waals surface area contributed by atoms with Crippen LogP contribution in [0, 0.1) is 11.1 Å². The van der Waals surface area contributed by atoms with Gasteiger partial charge in [0.15, 0.2) is 18.0 Å². The summed E-state index contributed by atoms with van der Waals surface area (Å²) in [4.78, 5) is 19.4. The Labute approximate surface area is 213 Å². The molecule has 1 aliphatic rings. The number of nitrogens with one attached hydrogen (secondary N) is 1. The van der Waals surface area contributed by atoms with Gasteiger partial charge in [0.2, 0.25) is 0 Å². The molecule has 4 heterocycles. The number of halogens is 1. The monoisotopic (exact) mass is 545 g/mol. The maximum atomic E-state index is 12.2. The maximum Gasteiger partial charge on any atom is 0.323 e. The van der Waals surface area contributed by atoms with Gasteiger partial charge in [-0.1, -0.05) is 13.8 Å². The third-order valence-electron chi connectivity index (χ3n) is 6.33. The van der Waals surface area contributed by atoms with Crippen LogP contribution in [0.1, 0.15) is 45.1 Å². The van der Waals surface area contributed by atoms with Gasteiger partial charge in [-0.15, -0.1) is 0 Å². The number of piperidine rings is 1. The lowest BCUT2D eigenvalue weighted by molar-refractivity contribution is -0.605. The Balaban J connectivity index is 1.52. The van der Waals surface area contributed by atoms with Crippen LogP contribution in [0.5, 0.6) is 0 Å². The number of anilines is 2. The highest BCUT2D eigenvalue weighted by atomic mass is 79.9. The molecule has 1 fully saturated rings. The van der Waals surface area contributed by atoms with Crippen molar-refractivity contribution in [1.29, 1.82) is 0 Å². The highest BCUT2D eigenvalue weighted by Crippen LogP contribution is 2.30. The van der Waals surface area contributed by atoms with E-state index in [1.807, 2.05) is 26.0 Å². The fourth-order valence-corrected chi connectivity index (χ4v) is 4.61. The Morgan fingerprint density at radius 2 is 2.26 bits per heavy atom. The molecular weight excluding hydrogens is 514 g/mol. The largest absolute Gasteiger partial charge is 0.619 e. The Morgan fingerprint density at radius 1 is 1.43 bits per heavy atom. The molecule has 3 aromatic heterocycles. The van der Waals surface area contributed by atoms with Gasteiger partial charge in [0.1, 0.15) is 17.7 Å². The molecule has 3 aromatic rings. The van der Waals surface area contributed by atoms with E-state index in [-0.39, 0.29) is 17.9 Å². The first kappa shape index (κ1) is 25.2. The zero-order valence-electron chi connectivity index (χ0n) is 20.1. The number of ether oxygens (including phenoxy) is 1. The van der Waals surface area contributed by atoms with Crippen LogP contribution in [0.25, 0.3) is 5.65 Å². The van der Waals surface area contributed by atoms with Crippen molar-refractivity contribution in [2.24, 2.45) is 11.7 Å². The molecule has 0 spiro atoms. The second kappa shape index (κ2) is 11.2. The third-order valence-corrected chi connectivity index (χ3v) is 6.89. The van der Waals surface area contributed by atoms with Crippen LogP contribution < -0.4 is 20.7 Å². The number of hydrogen-bond donors (Lipinski definition) is 2. The number of pyridine rings is 1. The fraction of sp³-hybridized carbons (Fsp3) is 0.500. The van der Waals surface area contributed by atoms with E-state index in [0.29, 0.717) is 25.2 Å². The average molecular weight is 546 g/mol. The van der Waals surface area contributed by atoms with E-state index >= 15 is 0 Å². The normalized spacial score (nSPS) is 17.1. The lowest BCUT2D eigenvalue weighted by Gasteiger charge is -2.37. The van der Waals surface area contributed by atoms with Crippen molar-refractivity contribution in [2.75, 3.05) is 23.4 Å². The van der Waals surface area contributed by atoms with E-state index in [4.69, 9.17) is 15.5 Å². The summed E-state index contributed by atoms with van der Waals surface area (Å²) in [5.41, 5.74) is 7.48. The summed E-state index contributed by atoms with van der Waals surface area (Å²) in [5.74, 6) is 1.30. The first-order valence-electron chi connectivity index (χ1n) is 12.0. The molecule has 188 valence electrons. The quantitative estimate of drug-likeness (QED) is 0.239. The van der Waals surface area contributed by atoms with Crippen molar-refractivity contribution in [3.8, 4) is 0 Å². The molecule has 1 saturated heterocycles. The summed E-state index contributed by atoms with van der Waals surface area (Å²) in [6, 6.07) is 5.20. The molecule has 3 N–H and O–H groups in total. The third kappa shape index (κ3) is 6.02. The molecular formula is C24H32BrN7O3. The van der Waals surface area contributed by atoms with Crippen molar-refractivity contribution in [3.05, 3.63) is 52.0 Å². The van der Waals surface area contributed by atoms with Crippen molar-refractivity contribution in [2.45, 2.75) is 58.2 Å². The molecule has 0 amide bonds. The van der Waals surface area contributed by atoms with Gasteiger partial charge in [0.05, 0.1) is 17.3 Å². The van der Waals surface area contributed by atoms with Crippen molar-refractivity contribution >= 4 is 39.2 Å². The lowest BCUT2D eigenvalue weighted by atomic mass is 9.99. The molecule has 4 rings (SSSR count). The van der Waals surface area contributed by atoms with E-state index in [9.17, 15) is 10.0 Å². The number of esters is 1. The highest BCUT2D eigenvalue weighted by Gasteiger charge is 2.26. The van der Waals surface area contributed by atoms with E-state index in [0.717, 1.165) is 52.2 Å². The van der Waals surface area contributed by atoms with Gasteiger partial charge in [0, 0.05) is 43.2 Å². The van der Waals surface area contributed by atoms with Crippen LogP contribution in [0.4, 0.5) is 11.6 Å². The van der Waals surface area contributed by atoms with Crippen molar-refractivity contribution < 1.29 is 14.3 Å². The van der Waals surface area contributed by atoms with Gasteiger partial charge >= 0.3 is 5.97 Å². The first-order valence-corrected chi connectivity index (χ1v) is 12.8. The molecule has 0 saturated carbocycles. The van der Waals surface area contributed by atoms with Gasteiger partial charge in [-0.05, 0) is 47.2 Å². The minimum atomic E-state index is -0.602. The van der Waals surface area contributed by atoms with Gasteiger partial charge in [-0.25, -0.2) is 4.98 Å². The summed E-state index contributed by atoms with van der Waals surface area (Å²) in [6.07, 6.45) is 8.61. The molecule has 0 aliphatic carbocycles. The number of nitrogens with zero attached hydrogens (tertiary/aromatic N) is 5. The van der Waals surface area contributed by atoms with Crippen molar-refractivity contribution in [1.82, 2.24) is 14.6 Å².